The average Bonchev–Trinajstić information content (AvgIpc) is 2.68. The van der Waals surface area contributed by atoms with Crippen molar-refractivity contribution in [1.29, 1.82) is 0 Å². The van der Waals surface area contributed by atoms with E-state index in [1.165, 1.54) is 32.1 Å². The molecule has 1 aromatic heterocycles. The lowest BCUT2D eigenvalue weighted by Crippen LogP contribution is -2.43. The van der Waals surface area contributed by atoms with Gasteiger partial charge in [0.2, 0.25) is 6.39 Å². The van der Waals surface area contributed by atoms with E-state index in [1.54, 1.807) is 0 Å². The highest BCUT2D eigenvalue weighted by atomic mass is 16.5. The molecule has 1 heterocycles. The maximum absolute atomic E-state index is 6.31. The molecule has 0 aliphatic heterocycles. The molecular formula is C11H19N3O2. The standard InChI is InChI=1S/C11H19N3O2/c12-11(5-3-1-2-4-6-11)8-15-7-10-13-9-16-14-10/h9H,1-8,12H2. The molecule has 5 heteroatoms. The van der Waals surface area contributed by atoms with Crippen molar-refractivity contribution >= 4 is 0 Å². The van der Waals surface area contributed by atoms with Crippen LogP contribution >= 0.6 is 0 Å². The van der Waals surface area contributed by atoms with Crippen molar-refractivity contribution in [3.05, 3.63) is 12.2 Å². The monoisotopic (exact) mass is 225 g/mol. The van der Waals surface area contributed by atoms with Crippen molar-refractivity contribution in [1.82, 2.24) is 10.1 Å². The van der Waals surface area contributed by atoms with Crippen LogP contribution in [0.4, 0.5) is 0 Å². The lowest BCUT2D eigenvalue weighted by molar-refractivity contribution is 0.0619. The first-order valence-electron chi connectivity index (χ1n) is 5.90. The lowest BCUT2D eigenvalue weighted by Gasteiger charge is -2.27. The predicted molar refractivity (Wildman–Crippen MR) is 58.6 cm³/mol. The topological polar surface area (TPSA) is 74.2 Å². The zero-order valence-corrected chi connectivity index (χ0v) is 9.52. The third-order valence-corrected chi connectivity index (χ3v) is 3.13. The Labute approximate surface area is 95.3 Å². The smallest absolute Gasteiger partial charge is 0.213 e. The van der Waals surface area contributed by atoms with Gasteiger partial charge in [-0.2, -0.15) is 4.98 Å². The molecule has 1 aliphatic carbocycles. The maximum atomic E-state index is 6.31. The predicted octanol–water partition coefficient (Wildman–Crippen LogP) is 1.64. The highest BCUT2D eigenvalue weighted by molar-refractivity contribution is 4.86. The molecule has 0 radical (unpaired) electrons. The molecule has 1 aliphatic rings. The molecule has 2 rings (SSSR count). The first-order valence-corrected chi connectivity index (χ1v) is 5.90. The molecule has 2 N–H and O–H groups in total. The second kappa shape index (κ2) is 5.41. The molecule has 90 valence electrons. The zero-order valence-electron chi connectivity index (χ0n) is 9.52. The van der Waals surface area contributed by atoms with Crippen LogP contribution in [0.1, 0.15) is 44.3 Å². The summed E-state index contributed by atoms with van der Waals surface area (Å²) in [6.45, 7) is 0.969. The van der Waals surface area contributed by atoms with E-state index in [-0.39, 0.29) is 5.54 Å². The van der Waals surface area contributed by atoms with Crippen LogP contribution in [0.3, 0.4) is 0 Å². The van der Waals surface area contributed by atoms with E-state index in [0.29, 0.717) is 19.0 Å². The summed E-state index contributed by atoms with van der Waals surface area (Å²) >= 11 is 0. The summed E-state index contributed by atoms with van der Waals surface area (Å²) in [5.74, 6) is 0.581. The van der Waals surface area contributed by atoms with Crippen LogP contribution in [0.25, 0.3) is 0 Å². The third-order valence-electron chi connectivity index (χ3n) is 3.13. The largest absolute Gasteiger partial charge is 0.371 e. The van der Waals surface area contributed by atoms with E-state index < -0.39 is 0 Å². The SMILES string of the molecule is NC1(COCc2ncon2)CCCCCC1. The number of nitrogens with zero attached hydrogens (tertiary/aromatic N) is 2. The molecule has 5 nitrogen and oxygen atoms in total. The number of nitrogens with two attached hydrogens (primary N) is 1. The summed E-state index contributed by atoms with van der Waals surface area (Å²) in [7, 11) is 0. The van der Waals surface area contributed by atoms with Gasteiger partial charge in [-0.25, -0.2) is 0 Å². The van der Waals surface area contributed by atoms with Crippen LogP contribution in [0.15, 0.2) is 10.9 Å². The summed E-state index contributed by atoms with van der Waals surface area (Å²) in [6, 6.07) is 0. The Morgan fingerprint density at radius 1 is 1.31 bits per heavy atom. The van der Waals surface area contributed by atoms with Crippen LogP contribution in [-0.2, 0) is 11.3 Å². The summed E-state index contributed by atoms with van der Waals surface area (Å²) in [4.78, 5) is 3.90. The number of ether oxygens (including phenoxy) is 1. The van der Waals surface area contributed by atoms with Crippen LogP contribution in [-0.4, -0.2) is 22.3 Å². The molecular weight excluding hydrogens is 206 g/mol. The van der Waals surface area contributed by atoms with Crippen LogP contribution < -0.4 is 5.73 Å². The molecule has 0 aromatic carbocycles. The molecule has 1 aromatic rings. The number of rotatable bonds is 4. The van der Waals surface area contributed by atoms with Gasteiger partial charge in [0.25, 0.3) is 0 Å². The van der Waals surface area contributed by atoms with Crippen molar-refractivity contribution in [2.75, 3.05) is 6.61 Å². The van der Waals surface area contributed by atoms with E-state index in [1.807, 2.05) is 0 Å². The Kier molecular flexibility index (Phi) is 3.90. The Balaban J connectivity index is 1.75. The minimum Gasteiger partial charge on any atom is -0.371 e. The van der Waals surface area contributed by atoms with Gasteiger partial charge in [-0.3, -0.25) is 0 Å². The fourth-order valence-electron chi connectivity index (χ4n) is 2.18. The van der Waals surface area contributed by atoms with Crippen LogP contribution in [0, 0.1) is 0 Å². The minimum atomic E-state index is -0.153. The van der Waals surface area contributed by atoms with E-state index >= 15 is 0 Å². The summed E-state index contributed by atoms with van der Waals surface area (Å²) in [5.41, 5.74) is 6.16. The second-order valence-corrected chi connectivity index (χ2v) is 4.62. The number of hydrogen-bond acceptors (Lipinski definition) is 5. The van der Waals surface area contributed by atoms with Gasteiger partial charge in [-0.15, -0.1) is 0 Å². The van der Waals surface area contributed by atoms with Crippen molar-refractivity contribution in [2.24, 2.45) is 5.73 Å². The Bertz CT molecular complexity index is 292. The quantitative estimate of drug-likeness (QED) is 0.788. The van der Waals surface area contributed by atoms with Crippen LogP contribution in [0.2, 0.25) is 0 Å². The molecule has 0 amide bonds. The van der Waals surface area contributed by atoms with E-state index in [2.05, 4.69) is 14.7 Å². The molecule has 0 saturated heterocycles. The van der Waals surface area contributed by atoms with E-state index in [4.69, 9.17) is 10.5 Å². The Morgan fingerprint density at radius 3 is 2.69 bits per heavy atom. The molecule has 0 unspecified atom stereocenters. The molecule has 16 heavy (non-hydrogen) atoms. The highest BCUT2D eigenvalue weighted by Gasteiger charge is 2.26. The van der Waals surface area contributed by atoms with Crippen molar-refractivity contribution < 1.29 is 9.26 Å². The molecule has 1 fully saturated rings. The van der Waals surface area contributed by atoms with Crippen molar-refractivity contribution in [3.8, 4) is 0 Å². The maximum Gasteiger partial charge on any atom is 0.213 e. The Morgan fingerprint density at radius 2 is 2.06 bits per heavy atom. The van der Waals surface area contributed by atoms with E-state index in [0.717, 1.165) is 12.8 Å². The average molecular weight is 225 g/mol. The fourth-order valence-corrected chi connectivity index (χ4v) is 2.18. The van der Waals surface area contributed by atoms with E-state index in [9.17, 15) is 0 Å². The number of aromatic nitrogens is 2. The molecule has 1 saturated carbocycles. The fraction of sp³-hybridized carbons (Fsp3) is 0.818. The Hall–Kier alpha value is -0.940. The number of hydrogen-bond donors (Lipinski definition) is 1. The summed E-state index contributed by atoms with van der Waals surface area (Å²) < 4.78 is 10.2. The summed E-state index contributed by atoms with van der Waals surface area (Å²) in [6.07, 6.45) is 8.43. The van der Waals surface area contributed by atoms with Gasteiger partial charge in [-0.05, 0) is 12.8 Å². The first kappa shape index (κ1) is 11.5. The van der Waals surface area contributed by atoms with Crippen molar-refractivity contribution in [2.45, 2.75) is 50.7 Å². The minimum absolute atomic E-state index is 0.153. The third kappa shape index (κ3) is 3.28. The van der Waals surface area contributed by atoms with Gasteiger partial charge < -0.3 is 15.0 Å². The lowest BCUT2D eigenvalue weighted by atomic mass is 9.93. The van der Waals surface area contributed by atoms with Gasteiger partial charge in [0.05, 0.1) is 6.61 Å². The van der Waals surface area contributed by atoms with Gasteiger partial charge in [0.1, 0.15) is 6.61 Å². The second-order valence-electron chi connectivity index (χ2n) is 4.62. The normalized spacial score (nSPS) is 20.6. The summed E-state index contributed by atoms with van der Waals surface area (Å²) in [5, 5.41) is 3.69. The molecule has 0 spiro atoms. The van der Waals surface area contributed by atoms with Gasteiger partial charge in [0.15, 0.2) is 5.82 Å². The molecule has 0 atom stereocenters. The van der Waals surface area contributed by atoms with Gasteiger partial charge in [0, 0.05) is 5.54 Å². The first-order chi connectivity index (χ1) is 7.79. The van der Waals surface area contributed by atoms with Crippen LogP contribution in [0.5, 0.6) is 0 Å². The van der Waals surface area contributed by atoms with Gasteiger partial charge in [-0.1, -0.05) is 30.8 Å². The van der Waals surface area contributed by atoms with Crippen molar-refractivity contribution in [3.63, 3.8) is 0 Å². The van der Waals surface area contributed by atoms with Gasteiger partial charge >= 0.3 is 0 Å². The molecule has 0 bridgehead atoms. The zero-order chi connectivity index (χ0) is 11.3. The highest BCUT2D eigenvalue weighted by Crippen LogP contribution is 2.25.